The Hall–Kier alpha value is -3.25. The van der Waals surface area contributed by atoms with E-state index in [1.54, 1.807) is 21.3 Å². The second kappa shape index (κ2) is 11.0. The van der Waals surface area contributed by atoms with Gasteiger partial charge in [0, 0.05) is 13.0 Å². The van der Waals surface area contributed by atoms with Crippen molar-refractivity contribution >= 4 is 16.7 Å². The molecular weight excluding hydrogens is 464 g/mol. The van der Waals surface area contributed by atoms with Crippen LogP contribution in [0.15, 0.2) is 48.5 Å². The number of nitrogens with zero attached hydrogens (tertiary/aromatic N) is 2. The van der Waals surface area contributed by atoms with Crippen molar-refractivity contribution in [1.82, 2.24) is 9.80 Å². The van der Waals surface area contributed by atoms with Crippen molar-refractivity contribution in [2.75, 3.05) is 48.0 Å². The van der Waals surface area contributed by atoms with E-state index in [4.69, 9.17) is 14.2 Å². The van der Waals surface area contributed by atoms with Gasteiger partial charge in [-0.3, -0.25) is 4.79 Å². The molecule has 3 aromatic rings. The number of likely N-dealkylation sites (tertiary alicyclic amines) is 1. The molecule has 37 heavy (non-hydrogen) atoms. The Bertz CT molecular complexity index is 1270. The van der Waals surface area contributed by atoms with Gasteiger partial charge in [-0.1, -0.05) is 24.3 Å². The third-order valence-corrected chi connectivity index (χ3v) is 8.17. The normalized spacial score (nSPS) is 18.5. The van der Waals surface area contributed by atoms with Crippen LogP contribution < -0.4 is 14.2 Å². The summed E-state index contributed by atoms with van der Waals surface area (Å²) in [6, 6.07) is 16.9. The zero-order chi connectivity index (χ0) is 25.9. The first-order chi connectivity index (χ1) is 18.0. The third-order valence-electron chi connectivity index (χ3n) is 8.17. The van der Waals surface area contributed by atoms with Crippen LogP contribution in [0.1, 0.15) is 42.0 Å². The van der Waals surface area contributed by atoms with E-state index in [2.05, 4.69) is 59.3 Å². The number of hydrogen-bond donors (Lipinski definition) is 0. The number of rotatable bonds is 7. The van der Waals surface area contributed by atoms with Gasteiger partial charge in [-0.05, 0) is 103 Å². The number of carbonyl (C=O) groups is 1. The van der Waals surface area contributed by atoms with Crippen molar-refractivity contribution in [1.29, 1.82) is 0 Å². The van der Waals surface area contributed by atoms with Gasteiger partial charge >= 0.3 is 0 Å². The highest BCUT2D eigenvalue weighted by Crippen LogP contribution is 2.40. The summed E-state index contributed by atoms with van der Waals surface area (Å²) in [4.78, 5) is 18.2. The summed E-state index contributed by atoms with van der Waals surface area (Å²) in [5, 5.41) is 2.32. The van der Waals surface area contributed by atoms with Crippen LogP contribution in [0.25, 0.3) is 10.8 Å². The predicted octanol–water partition coefficient (Wildman–Crippen LogP) is 5.27. The second-order valence-electron chi connectivity index (χ2n) is 10.5. The second-order valence-corrected chi connectivity index (χ2v) is 10.5. The van der Waals surface area contributed by atoms with Crippen molar-refractivity contribution in [3.8, 4) is 17.2 Å². The molecule has 1 amide bonds. The zero-order valence-corrected chi connectivity index (χ0v) is 22.5. The lowest BCUT2D eigenvalue weighted by Gasteiger charge is -2.39. The summed E-state index contributed by atoms with van der Waals surface area (Å²) in [5.41, 5.74) is 3.61. The lowest BCUT2D eigenvalue weighted by atomic mass is 9.86. The molecule has 196 valence electrons. The summed E-state index contributed by atoms with van der Waals surface area (Å²) < 4.78 is 16.6. The summed E-state index contributed by atoms with van der Waals surface area (Å²) in [5.74, 6) is 3.04. The Morgan fingerprint density at radius 3 is 2.30 bits per heavy atom. The van der Waals surface area contributed by atoms with E-state index < -0.39 is 0 Å². The zero-order valence-electron chi connectivity index (χ0n) is 22.5. The molecule has 0 bridgehead atoms. The van der Waals surface area contributed by atoms with Crippen molar-refractivity contribution in [2.24, 2.45) is 5.92 Å². The van der Waals surface area contributed by atoms with E-state index in [0.717, 1.165) is 67.8 Å². The van der Waals surface area contributed by atoms with Crippen LogP contribution in [0.2, 0.25) is 0 Å². The van der Waals surface area contributed by atoms with E-state index in [0.29, 0.717) is 18.1 Å². The first-order valence-corrected chi connectivity index (χ1v) is 13.3. The molecule has 2 aliphatic heterocycles. The van der Waals surface area contributed by atoms with Gasteiger partial charge in [0.15, 0.2) is 11.5 Å². The van der Waals surface area contributed by atoms with E-state index in [9.17, 15) is 4.79 Å². The van der Waals surface area contributed by atoms with Gasteiger partial charge in [0.25, 0.3) is 0 Å². The molecule has 0 radical (unpaired) electrons. The van der Waals surface area contributed by atoms with Gasteiger partial charge in [-0.25, -0.2) is 0 Å². The van der Waals surface area contributed by atoms with Gasteiger partial charge < -0.3 is 24.0 Å². The molecule has 6 heteroatoms. The van der Waals surface area contributed by atoms with E-state index in [-0.39, 0.29) is 11.9 Å². The van der Waals surface area contributed by atoms with E-state index in [1.807, 2.05) is 6.07 Å². The van der Waals surface area contributed by atoms with Crippen LogP contribution in [-0.4, -0.2) is 63.7 Å². The van der Waals surface area contributed by atoms with Crippen molar-refractivity contribution in [3.05, 3.63) is 65.2 Å². The summed E-state index contributed by atoms with van der Waals surface area (Å²) in [6.07, 6.45) is 4.39. The molecule has 1 unspecified atom stereocenters. The summed E-state index contributed by atoms with van der Waals surface area (Å²) in [6.45, 7) is 2.87. The van der Waals surface area contributed by atoms with Gasteiger partial charge in [0.1, 0.15) is 5.75 Å². The lowest BCUT2D eigenvalue weighted by Crippen LogP contribution is -2.42. The minimum Gasteiger partial charge on any atom is -0.497 e. The Balaban J connectivity index is 1.47. The first-order valence-electron chi connectivity index (χ1n) is 13.3. The Morgan fingerprint density at radius 2 is 1.57 bits per heavy atom. The van der Waals surface area contributed by atoms with Crippen molar-refractivity contribution in [2.45, 2.75) is 38.1 Å². The highest BCUT2D eigenvalue weighted by molar-refractivity contribution is 5.84. The SMILES string of the molecule is COc1ccc2cc(CC3c4cc(OC)c(OC)cc4CCN3C(=O)CC3CCN(C)CC3)ccc2c1. The predicted molar refractivity (Wildman–Crippen MR) is 147 cm³/mol. The lowest BCUT2D eigenvalue weighted by molar-refractivity contribution is -0.135. The topological polar surface area (TPSA) is 51.2 Å². The largest absolute Gasteiger partial charge is 0.497 e. The molecule has 2 aliphatic rings. The molecule has 0 saturated carbocycles. The van der Waals surface area contributed by atoms with Crippen LogP contribution in [-0.2, 0) is 17.6 Å². The quantitative estimate of drug-likeness (QED) is 0.441. The monoisotopic (exact) mass is 502 g/mol. The molecule has 5 rings (SSSR count). The Morgan fingerprint density at radius 1 is 0.865 bits per heavy atom. The molecule has 0 spiro atoms. The molecule has 0 N–H and O–H groups in total. The number of hydrogen-bond acceptors (Lipinski definition) is 5. The summed E-state index contributed by atoms with van der Waals surface area (Å²) >= 11 is 0. The number of amides is 1. The fraction of sp³-hybridized carbons (Fsp3) is 0.452. The Kier molecular flexibility index (Phi) is 7.56. The number of fused-ring (bicyclic) bond motifs is 2. The van der Waals surface area contributed by atoms with E-state index in [1.165, 1.54) is 16.5 Å². The molecule has 1 saturated heterocycles. The van der Waals surface area contributed by atoms with Gasteiger partial charge in [-0.2, -0.15) is 0 Å². The van der Waals surface area contributed by atoms with Crippen LogP contribution in [0, 0.1) is 5.92 Å². The maximum absolute atomic E-state index is 13.8. The minimum absolute atomic E-state index is 0.0435. The fourth-order valence-electron chi connectivity index (χ4n) is 5.93. The third kappa shape index (κ3) is 5.40. The Labute approximate surface area is 220 Å². The molecule has 1 fully saturated rings. The maximum atomic E-state index is 13.8. The number of benzene rings is 3. The average Bonchev–Trinajstić information content (AvgIpc) is 2.93. The number of methoxy groups -OCH3 is 3. The van der Waals surface area contributed by atoms with Crippen LogP contribution >= 0.6 is 0 Å². The van der Waals surface area contributed by atoms with Gasteiger partial charge in [0.05, 0.1) is 27.4 Å². The number of ether oxygens (including phenoxy) is 3. The number of piperidine rings is 1. The highest BCUT2D eigenvalue weighted by atomic mass is 16.5. The minimum atomic E-state index is -0.0435. The molecule has 2 heterocycles. The smallest absolute Gasteiger partial charge is 0.223 e. The molecular formula is C31H38N2O4. The van der Waals surface area contributed by atoms with Crippen LogP contribution in [0.5, 0.6) is 17.2 Å². The standard InChI is InChI=1S/C31H38N2O4/c1-32-12-9-21(10-13-32)17-31(34)33-14-11-25-19-29(36-3)30(37-4)20-27(25)28(33)16-22-5-6-24-18-26(35-2)8-7-23(24)15-22/h5-8,15,18-21,28H,9-14,16-17H2,1-4H3. The van der Waals surface area contributed by atoms with E-state index >= 15 is 0 Å². The maximum Gasteiger partial charge on any atom is 0.223 e. The van der Waals surface area contributed by atoms with Gasteiger partial charge in [-0.15, -0.1) is 0 Å². The highest BCUT2D eigenvalue weighted by Gasteiger charge is 2.33. The molecule has 6 nitrogen and oxygen atoms in total. The van der Waals surface area contributed by atoms with Crippen molar-refractivity contribution in [3.63, 3.8) is 0 Å². The van der Waals surface area contributed by atoms with Crippen molar-refractivity contribution < 1.29 is 19.0 Å². The molecule has 3 aromatic carbocycles. The number of carbonyl (C=O) groups excluding carboxylic acids is 1. The first kappa shape index (κ1) is 25.4. The molecule has 0 aromatic heterocycles. The summed E-state index contributed by atoms with van der Waals surface area (Å²) in [7, 11) is 7.20. The molecule has 1 atom stereocenters. The van der Waals surface area contributed by atoms with Gasteiger partial charge in [0.2, 0.25) is 5.91 Å². The molecule has 0 aliphatic carbocycles. The average molecular weight is 503 g/mol. The van der Waals surface area contributed by atoms with Crippen LogP contribution in [0.4, 0.5) is 0 Å². The van der Waals surface area contributed by atoms with Crippen LogP contribution in [0.3, 0.4) is 0 Å². The fourth-order valence-corrected chi connectivity index (χ4v) is 5.93.